The maximum atomic E-state index is 5.23. The Balaban J connectivity index is 2.12. The third kappa shape index (κ3) is 3.23. The Hall–Kier alpha value is -1.53. The van der Waals surface area contributed by atoms with Crippen LogP contribution in [0.1, 0.15) is 5.56 Å². The van der Waals surface area contributed by atoms with Crippen LogP contribution in [0.5, 0.6) is 5.75 Å². The quantitative estimate of drug-likeness (QED) is 0.592. The van der Waals surface area contributed by atoms with E-state index in [4.69, 9.17) is 9.72 Å². The van der Waals surface area contributed by atoms with Gasteiger partial charge < -0.3 is 14.2 Å². The van der Waals surface area contributed by atoms with Crippen LogP contribution in [-0.2, 0) is 6.54 Å². The largest absolute Gasteiger partial charge is 0.497 e. The Labute approximate surface area is 152 Å². The summed E-state index contributed by atoms with van der Waals surface area (Å²) in [6, 6.07) is 12.2. The number of fused-ring (bicyclic) bond motifs is 1. The first-order chi connectivity index (χ1) is 11.0. The number of halogens is 2. The lowest BCUT2D eigenvalue weighted by atomic mass is 10.2. The molecule has 0 radical (unpaired) electrons. The van der Waals surface area contributed by atoms with Gasteiger partial charge in [-0.3, -0.25) is 0 Å². The zero-order valence-electron chi connectivity index (χ0n) is 13.2. The Bertz CT molecular complexity index is 841. The van der Waals surface area contributed by atoms with Crippen LogP contribution >= 0.6 is 31.9 Å². The Morgan fingerprint density at radius 2 is 1.83 bits per heavy atom. The van der Waals surface area contributed by atoms with E-state index in [0.29, 0.717) is 0 Å². The summed E-state index contributed by atoms with van der Waals surface area (Å²) in [6.45, 7) is 0.744. The predicted molar refractivity (Wildman–Crippen MR) is 102 cm³/mol. The van der Waals surface area contributed by atoms with Gasteiger partial charge >= 0.3 is 0 Å². The number of hydrogen-bond acceptors (Lipinski definition) is 3. The van der Waals surface area contributed by atoms with Gasteiger partial charge in [-0.2, -0.15) is 0 Å². The topological polar surface area (TPSA) is 30.3 Å². The molecule has 0 fully saturated rings. The molecule has 3 aromatic rings. The third-order valence-corrected chi connectivity index (χ3v) is 4.70. The average Bonchev–Trinajstić information content (AvgIpc) is 2.87. The Morgan fingerprint density at radius 3 is 2.43 bits per heavy atom. The van der Waals surface area contributed by atoms with Gasteiger partial charge in [-0.05, 0) is 45.8 Å². The molecule has 6 heteroatoms. The van der Waals surface area contributed by atoms with Gasteiger partial charge in [-0.1, -0.05) is 28.1 Å². The fourth-order valence-corrected chi connectivity index (χ4v) is 3.99. The first-order valence-electron chi connectivity index (χ1n) is 7.15. The summed E-state index contributed by atoms with van der Waals surface area (Å²) in [4.78, 5) is 6.80. The molecule has 0 aliphatic carbocycles. The summed E-state index contributed by atoms with van der Waals surface area (Å²) in [5.41, 5.74) is 3.25. The van der Waals surface area contributed by atoms with E-state index >= 15 is 0 Å². The van der Waals surface area contributed by atoms with E-state index in [9.17, 15) is 0 Å². The molecule has 0 spiro atoms. The lowest BCUT2D eigenvalue weighted by Gasteiger charge is -2.15. The molecule has 3 rings (SSSR count). The lowest BCUT2D eigenvalue weighted by Crippen LogP contribution is -2.16. The van der Waals surface area contributed by atoms with Crippen molar-refractivity contribution in [1.82, 2.24) is 9.55 Å². The average molecular weight is 439 g/mol. The highest BCUT2D eigenvalue weighted by Crippen LogP contribution is 2.32. The van der Waals surface area contributed by atoms with Crippen molar-refractivity contribution in [2.75, 3.05) is 26.1 Å². The van der Waals surface area contributed by atoms with E-state index in [0.717, 1.165) is 38.2 Å². The van der Waals surface area contributed by atoms with Gasteiger partial charge in [0.15, 0.2) is 0 Å². The zero-order chi connectivity index (χ0) is 16.6. The summed E-state index contributed by atoms with van der Waals surface area (Å²) in [5.74, 6) is 1.79. The molecular formula is C17H17Br2N3O. The van der Waals surface area contributed by atoms with Crippen LogP contribution in [-0.4, -0.2) is 30.8 Å². The van der Waals surface area contributed by atoms with Crippen LogP contribution in [0.4, 0.5) is 5.95 Å². The van der Waals surface area contributed by atoms with Gasteiger partial charge in [0.1, 0.15) is 5.75 Å². The summed E-state index contributed by atoms with van der Waals surface area (Å²) >= 11 is 7.20. The van der Waals surface area contributed by atoms with E-state index in [1.54, 1.807) is 7.11 Å². The van der Waals surface area contributed by atoms with Crippen LogP contribution in [0.25, 0.3) is 11.0 Å². The summed E-state index contributed by atoms with van der Waals surface area (Å²) < 4.78 is 9.48. The molecule has 0 atom stereocenters. The number of aromatic nitrogens is 2. The number of imidazole rings is 1. The maximum Gasteiger partial charge on any atom is 0.206 e. The van der Waals surface area contributed by atoms with Crippen molar-refractivity contribution < 1.29 is 4.74 Å². The van der Waals surface area contributed by atoms with Crippen LogP contribution in [0.3, 0.4) is 0 Å². The number of ether oxygens (including phenoxy) is 1. The second kappa shape index (κ2) is 6.53. The van der Waals surface area contributed by atoms with Crippen molar-refractivity contribution in [2.24, 2.45) is 0 Å². The number of hydrogen-bond donors (Lipinski definition) is 0. The highest BCUT2D eigenvalue weighted by Gasteiger charge is 2.16. The molecule has 2 aromatic carbocycles. The first kappa shape index (κ1) is 16.3. The maximum absolute atomic E-state index is 5.23. The van der Waals surface area contributed by atoms with Gasteiger partial charge in [-0.25, -0.2) is 4.98 Å². The molecule has 120 valence electrons. The molecule has 23 heavy (non-hydrogen) atoms. The number of anilines is 1. The molecule has 0 bridgehead atoms. The fraction of sp³-hybridized carbons (Fsp3) is 0.235. The van der Waals surface area contributed by atoms with Crippen LogP contribution < -0.4 is 9.64 Å². The van der Waals surface area contributed by atoms with E-state index < -0.39 is 0 Å². The minimum atomic E-state index is 0.744. The Morgan fingerprint density at radius 1 is 1.13 bits per heavy atom. The summed E-state index contributed by atoms with van der Waals surface area (Å²) in [6.07, 6.45) is 0. The van der Waals surface area contributed by atoms with E-state index in [1.165, 1.54) is 5.56 Å². The standard InChI is InChI=1S/C17H17Br2N3O/c1-21(2)17-20-15-9-12(18)8-14(19)16(15)22(17)10-11-4-6-13(23-3)7-5-11/h4-9H,10H2,1-3H3. The van der Waals surface area contributed by atoms with Gasteiger partial charge in [-0.15, -0.1) is 0 Å². The summed E-state index contributed by atoms with van der Waals surface area (Å²) in [7, 11) is 5.70. The van der Waals surface area contributed by atoms with Crippen molar-refractivity contribution in [1.29, 1.82) is 0 Å². The van der Waals surface area contributed by atoms with Crippen molar-refractivity contribution in [3.8, 4) is 5.75 Å². The van der Waals surface area contributed by atoms with Crippen molar-refractivity contribution >= 4 is 48.8 Å². The fourth-order valence-electron chi connectivity index (χ4n) is 2.58. The molecule has 0 unspecified atom stereocenters. The first-order valence-corrected chi connectivity index (χ1v) is 8.73. The van der Waals surface area contributed by atoms with Crippen LogP contribution in [0.2, 0.25) is 0 Å². The highest BCUT2D eigenvalue weighted by atomic mass is 79.9. The normalized spacial score (nSPS) is 11.0. The summed E-state index contributed by atoms with van der Waals surface area (Å²) in [5, 5.41) is 0. The second-order valence-electron chi connectivity index (χ2n) is 5.50. The van der Waals surface area contributed by atoms with Gasteiger partial charge in [0.05, 0.1) is 24.7 Å². The van der Waals surface area contributed by atoms with Crippen molar-refractivity contribution in [2.45, 2.75) is 6.54 Å². The molecule has 0 aliphatic heterocycles. The minimum Gasteiger partial charge on any atom is -0.497 e. The van der Waals surface area contributed by atoms with Crippen molar-refractivity contribution in [3.05, 3.63) is 50.9 Å². The zero-order valence-corrected chi connectivity index (χ0v) is 16.3. The van der Waals surface area contributed by atoms with Gasteiger partial charge in [0, 0.05) is 23.0 Å². The molecule has 0 saturated carbocycles. The molecule has 1 aromatic heterocycles. The molecule has 1 heterocycles. The lowest BCUT2D eigenvalue weighted by molar-refractivity contribution is 0.414. The van der Waals surface area contributed by atoms with Gasteiger partial charge in [0.2, 0.25) is 5.95 Å². The van der Waals surface area contributed by atoms with Crippen molar-refractivity contribution in [3.63, 3.8) is 0 Å². The molecular weight excluding hydrogens is 422 g/mol. The number of methoxy groups -OCH3 is 1. The minimum absolute atomic E-state index is 0.744. The third-order valence-electron chi connectivity index (χ3n) is 3.64. The Kier molecular flexibility index (Phi) is 4.64. The van der Waals surface area contributed by atoms with Crippen LogP contribution in [0, 0.1) is 0 Å². The predicted octanol–water partition coefficient (Wildman–Crippen LogP) is 4.68. The molecule has 0 amide bonds. The molecule has 0 N–H and O–H groups in total. The number of benzene rings is 2. The molecule has 0 saturated heterocycles. The number of nitrogens with zero attached hydrogens (tertiary/aromatic N) is 3. The monoisotopic (exact) mass is 437 g/mol. The van der Waals surface area contributed by atoms with E-state index in [2.05, 4.69) is 48.6 Å². The van der Waals surface area contributed by atoms with E-state index in [-0.39, 0.29) is 0 Å². The van der Waals surface area contributed by atoms with E-state index in [1.807, 2.05) is 43.3 Å². The molecule has 0 aliphatic rings. The second-order valence-corrected chi connectivity index (χ2v) is 7.27. The smallest absolute Gasteiger partial charge is 0.206 e. The number of rotatable bonds is 4. The SMILES string of the molecule is COc1ccc(Cn2c(N(C)C)nc3cc(Br)cc(Br)c32)cc1. The van der Waals surface area contributed by atoms with Crippen LogP contribution in [0.15, 0.2) is 45.3 Å². The molecule has 4 nitrogen and oxygen atoms in total. The highest BCUT2D eigenvalue weighted by molar-refractivity contribution is 9.11. The van der Waals surface area contributed by atoms with Gasteiger partial charge in [0.25, 0.3) is 0 Å².